The van der Waals surface area contributed by atoms with Crippen LogP contribution in [0.25, 0.3) is 5.69 Å². The molecule has 0 fully saturated rings. The highest BCUT2D eigenvalue weighted by molar-refractivity contribution is 5.47. The monoisotopic (exact) mass is 366 g/mol. The van der Waals surface area contributed by atoms with Crippen molar-refractivity contribution in [2.75, 3.05) is 13.4 Å². The van der Waals surface area contributed by atoms with Gasteiger partial charge in [0, 0.05) is 12.4 Å². The van der Waals surface area contributed by atoms with E-state index in [2.05, 4.69) is 0 Å². The fraction of sp³-hybridized carbons (Fsp3) is 0.200. The minimum absolute atomic E-state index is 0.189. The molecule has 0 spiro atoms. The first-order valence-electron chi connectivity index (χ1n) is 8.60. The van der Waals surface area contributed by atoms with E-state index in [-0.39, 0.29) is 13.3 Å². The summed E-state index contributed by atoms with van der Waals surface area (Å²) >= 11 is 0. The molecule has 0 aliphatic carbocycles. The molecule has 0 saturated carbocycles. The van der Waals surface area contributed by atoms with Gasteiger partial charge in [-0.25, -0.2) is 0 Å². The SMILES string of the molecule is CCOc1ccccc1-n1ccn(Cc2ccc3c(c2)OCO3)c(=O)c1=O. The maximum Gasteiger partial charge on any atom is 0.321 e. The first-order chi connectivity index (χ1) is 13.2. The average molecular weight is 366 g/mol. The van der Waals surface area contributed by atoms with Crippen LogP contribution in [0.1, 0.15) is 12.5 Å². The molecule has 0 atom stereocenters. The predicted octanol–water partition coefficient (Wildman–Crippen LogP) is 2.17. The molecule has 2 heterocycles. The second-order valence-corrected chi connectivity index (χ2v) is 5.99. The molecule has 4 rings (SSSR count). The molecule has 1 aliphatic heterocycles. The summed E-state index contributed by atoms with van der Waals surface area (Å²) in [5.74, 6) is 1.86. The van der Waals surface area contributed by atoms with Crippen LogP contribution in [0.2, 0.25) is 0 Å². The first-order valence-corrected chi connectivity index (χ1v) is 8.60. The molecule has 0 radical (unpaired) electrons. The van der Waals surface area contributed by atoms with Crippen molar-refractivity contribution in [3.05, 3.63) is 81.1 Å². The van der Waals surface area contributed by atoms with Gasteiger partial charge in [0.25, 0.3) is 0 Å². The molecule has 0 N–H and O–H groups in total. The zero-order chi connectivity index (χ0) is 18.8. The predicted molar refractivity (Wildman–Crippen MR) is 99.1 cm³/mol. The molecule has 0 unspecified atom stereocenters. The zero-order valence-corrected chi connectivity index (χ0v) is 14.8. The summed E-state index contributed by atoms with van der Waals surface area (Å²) in [6.07, 6.45) is 3.17. The number of hydrogen-bond acceptors (Lipinski definition) is 5. The fourth-order valence-corrected chi connectivity index (χ4v) is 2.99. The van der Waals surface area contributed by atoms with Crippen LogP contribution in [0, 0.1) is 0 Å². The van der Waals surface area contributed by atoms with Crippen molar-refractivity contribution < 1.29 is 14.2 Å². The quantitative estimate of drug-likeness (QED) is 0.647. The fourth-order valence-electron chi connectivity index (χ4n) is 2.99. The van der Waals surface area contributed by atoms with E-state index < -0.39 is 11.1 Å². The standard InChI is InChI=1S/C20H18N2O5/c1-2-25-16-6-4-3-5-15(16)22-10-9-21(19(23)20(22)24)12-14-7-8-17-18(11-14)27-13-26-17/h3-11H,2,12-13H2,1H3. The van der Waals surface area contributed by atoms with Crippen LogP contribution in [0.5, 0.6) is 17.2 Å². The topological polar surface area (TPSA) is 71.7 Å². The van der Waals surface area contributed by atoms with Gasteiger partial charge in [-0.15, -0.1) is 0 Å². The molecule has 0 bridgehead atoms. The van der Waals surface area contributed by atoms with E-state index in [1.54, 1.807) is 36.7 Å². The maximum atomic E-state index is 12.7. The average Bonchev–Trinajstić information content (AvgIpc) is 3.15. The first kappa shape index (κ1) is 17.0. The third-order valence-electron chi connectivity index (χ3n) is 4.27. The third-order valence-corrected chi connectivity index (χ3v) is 4.27. The Bertz CT molecular complexity index is 1100. The van der Waals surface area contributed by atoms with Gasteiger partial charge in [0.1, 0.15) is 5.75 Å². The van der Waals surface area contributed by atoms with Crippen LogP contribution in [0.15, 0.2) is 64.4 Å². The van der Waals surface area contributed by atoms with Crippen LogP contribution >= 0.6 is 0 Å². The van der Waals surface area contributed by atoms with E-state index in [1.165, 1.54) is 9.13 Å². The Morgan fingerprint density at radius 3 is 2.67 bits per heavy atom. The molecule has 1 aliphatic rings. The van der Waals surface area contributed by atoms with Crippen molar-refractivity contribution >= 4 is 0 Å². The Hall–Kier alpha value is -3.48. The van der Waals surface area contributed by atoms with Crippen LogP contribution < -0.4 is 25.3 Å². The lowest BCUT2D eigenvalue weighted by molar-refractivity contribution is 0.174. The van der Waals surface area contributed by atoms with Crippen molar-refractivity contribution in [3.8, 4) is 22.9 Å². The molecule has 1 aromatic heterocycles. The van der Waals surface area contributed by atoms with Gasteiger partial charge in [0.05, 0.1) is 18.8 Å². The molecule has 7 nitrogen and oxygen atoms in total. The second kappa shape index (κ2) is 7.03. The van der Waals surface area contributed by atoms with E-state index >= 15 is 0 Å². The molecule has 7 heteroatoms. The summed E-state index contributed by atoms with van der Waals surface area (Å²) in [5, 5.41) is 0. The van der Waals surface area contributed by atoms with Crippen molar-refractivity contribution in [1.82, 2.24) is 9.13 Å². The number of nitrogens with zero attached hydrogens (tertiary/aromatic N) is 2. The Morgan fingerprint density at radius 2 is 1.81 bits per heavy atom. The van der Waals surface area contributed by atoms with Crippen molar-refractivity contribution in [3.63, 3.8) is 0 Å². The van der Waals surface area contributed by atoms with E-state index in [1.807, 2.05) is 25.1 Å². The Kier molecular flexibility index (Phi) is 4.42. The Morgan fingerprint density at radius 1 is 1.00 bits per heavy atom. The Balaban J connectivity index is 1.69. The minimum Gasteiger partial charge on any atom is -0.492 e. The number of benzene rings is 2. The smallest absolute Gasteiger partial charge is 0.321 e. The molecular weight excluding hydrogens is 348 g/mol. The highest BCUT2D eigenvalue weighted by atomic mass is 16.7. The minimum atomic E-state index is -0.634. The Labute approximate surface area is 155 Å². The van der Waals surface area contributed by atoms with Gasteiger partial charge in [0.2, 0.25) is 6.79 Å². The third kappa shape index (κ3) is 3.19. The van der Waals surface area contributed by atoms with Gasteiger partial charge < -0.3 is 18.8 Å². The lowest BCUT2D eigenvalue weighted by Crippen LogP contribution is -2.40. The summed E-state index contributed by atoms with van der Waals surface area (Å²) in [6.45, 7) is 2.78. The van der Waals surface area contributed by atoms with Gasteiger partial charge in [-0.2, -0.15) is 0 Å². The number of ether oxygens (including phenoxy) is 3. The van der Waals surface area contributed by atoms with Crippen molar-refractivity contribution in [2.45, 2.75) is 13.5 Å². The number of rotatable bonds is 5. The van der Waals surface area contributed by atoms with Gasteiger partial charge >= 0.3 is 11.1 Å². The van der Waals surface area contributed by atoms with Crippen LogP contribution in [0.3, 0.4) is 0 Å². The summed E-state index contributed by atoms with van der Waals surface area (Å²) in [6, 6.07) is 12.6. The highest BCUT2D eigenvalue weighted by Gasteiger charge is 2.15. The molecule has 3 aromatic rings. The molecule has 0 amide bonds. The normalized spacial score (nSPS) is 12.2. The van der Waals surface area contributed by atoms with Gasteiger partial charge in [-0.3, -0.25) is 14.2 Å². The summed E-state index contributed by atoms with van der Waals surface area (Å²) in [5.41, 5.74) is 0.136. The van der Waals surface area contributed by atoms with E-state index in [0.29, 0.717) is 29.5 Å². The number of hydrogen-bond donors (Lipinski definition) is 0. The lowest BCUT2D eigenvalue weighted by atomic mass is 10.2. The summed E-state index contributed by atoms with van der Waals surface area (Å²) in [4.78, 5) is 25.3. The maximum absolute atomic E-state index is 12.7. The number of fused-ring (bicyclic) bond motifs is 1. The van der Waals surface area contributed by atoms with Crippen molar-refractivity contribution in [1.29, 1.82) is 0 Å². The van der Waals surface area contributed by atoms with E-state index in [0.717, 1.165) is 5.56 Å². The van der Waals surface area contributed by atoms with E-state index in [9.17, 15) is 9.59 Å². The summed E-state index contributed by atoms with van der Waals surface area (Å²) < 4.78 is 18.9. The second-order valence-electron chi connectivity index (χ2n) is 5.99. The van der Waals surface area contributed by atoms with Crippen LogP contribution in [-0.4, -0.2) is 22.5 Å². The van der Waals surface area contributed by atoms with Crippen molar-refractivity contribution in [2.24, 2.45) is 0 Å². The lowest BCUT2D eigenvalue weighted by Gasteiger charge is -2.13. The van der Waals surface area contributed by atoms with Gasteiger partial charge in [-0.05, 0) is 36.8 Å². The number of para-hydroxylation sites is 2. The summed E-state index contributed by atoms with van der Waals surface area (Å²) in [7, 11) is 0. The molecule has 138 valence electrons. The van der Waals surface area contributed by atoms with Gasteiger partial charge in [0.15, 0.2) is 11.5 Å². The molecule has 2 aromatic carbocycles. The zero-order valence-electron chi connectivity index (χ0n) is 14.8. The molecular formula is C20H18N2O5. The van der Waals surface area contributed by atoms with E-state index in [4.69, 9.17) is 14.2 Å². The molecule has 27 heavy (non-hydrogen) atoms. The van der Waals surface area contributed by atoms with Crippen LogP contribution in [-0.2, 0) is 6.54 Å². The largest absolute Gasteiger partial charge is 0.492 e. The van der Waals surface area contributed by atoms with Gasteiger partial charge in [-0.1, -0.05) is 18.2 Å². The van der Waals surface area contributed by atoms with Crippen LogP contribution in [0.4, 0.5) is 0 Å². The highest BCUT2D eigenvalue weighted by Crippen LogP contribution is 2.32. The molecule has 0 saturated heterocycles. The number of aromatic nitrogens is 2.